The first-order valence-electron chi connectivity index (χ1n) is 4.78. The van der Waals surface area contributed by atoms with Gasteiger partial charge in [-0.1, -0.05) is 18.2 Å². The Kier molecular flexibility index (Phi) is 11.0. The Morgan fingerprint density at radius 3 is 2.53 bits per heavy atom. The van der Waals surface area contributed by atoms with Gasteiger partial charge in [0, 0.05) is 21.7 Å². The molecule has 0 amide bonds. The van der Waals surface area contributed by atoms with Gasteiger partial charge in [-0.05, 0) is 18.1 Å². The van der Waals surface area contributed by atoms with Crippen molar-refractivity contribution < 1.29 is 26.5 Å². The molecule has 92 valence electrons. The Balaban J connectivity index is 0. The maximum Gasteiger partial charge on any atom is 0.122 e. The summed E-state index contributed by atoms with van der Waals surface area (Å²) in [7, 11) is 1.71. The van der Waals surface area contributed by atoms with Crippen molar-refractivity contribution in [2.24, 2.45) is 0 Å². The summed E-state index contributed by atoms with van der Waals surface area (Å²) in [6, 6.07) is 8.12. The molecule has 0 N–H and O–H groups in total. The van der Waals surface area contributed by atoms with Crippen molar-refractivity contribution in [3.8, 4) is 5.75 Å². The molecule has 1 aliphatic carbocycles. The van der Waals surface area contributed by atoms with Gasteiger partial charge in [0.2, 0.25) is 0 Å². The third kappa shape index (κ3) is 5.31. The number of benzene rings is 1. The summed E-state index contributed by atoms with van der Waals surface area (Å²) < 4.78 is 5.29. The van der Waals surface area contributed by atoms with Crippen molar-refractivity contribution in [3.63, 3.8) is 0 Å². The fourth-order valence-corrected chi connectivity index (χ4v) is 1.63. The van der Waals surface area contributed by atoms with Gasteiger partial charge in [-0.2, -0.15) is 6.08 Å². The minimum atomic E-state index is 0. The first kappa shape index (κ1) is 19.1. The molecule has 2 rings (SSSR count). The maximum atomic E-state index is 5.29. The van der Waals surface area contributed by atoms with Gasteiger partial charge in [0.15, 0.2) is 0 Å². The van der Waals surface area contributed by atoms with E-state index in [0.717, 1.165) is 18.6 Å². The molecule has 0 aliphatic heterocycles. The van der Waals surface area contributed by atoms with Crippen LogP contribution in [0.15, 0.2) is 42.0 Å². The molecule has 0 unspecified atom stereocenters. The number of hydrogen-bond acceptors (Lipinski definition) is 1. The standard InChI is InChI=1S/C13H13O.2ClH.Ti/c1-14-13-9-5-4-8-12(13)10-11-6-2-3-7-11;;;/h2,4-6,8-9H,3,10H2,1H3;2*1H;/q-1;;;. The summed E-state index contributed by atoms with van der Waals surface area (Å²) >= 11 is 0. The van der Waals surface area contributed by atoms with E-state index in [4.69, 9.17) is 4.74 Å². The Morgan fingerprint density at radius 2 is 1.94 bits per heavy atom. The molecule has 1 nitrogen and oxygen atoms in total. The van der Waals surface area contributed by atoms with Crippen molar-refractivity contribution in [1.29, 1.82) is 0 Å². The van der Waals surface area contributed by atoms with Crippen LogP contribution in [0.1, 0.15) is 12.0 Å². The van der Waals surface area contributed by atoms with Crippen LogP contribution < -0.4 is 4.74 Å². The number of hydrogen-bond donors (Lipinski definition) is 0. The van der Waals surface area contributed by atoms with Crippen LogP contribution in [0.25, 0.3) is 0 Å². The summed E-state index contributed by atoms with van der Waals surface area (Å²) in [5, 5.41) is 0. The molecule has 0 heterocycles. The van der Waals surface area contributed by atoms with Gasteiger partial charge in [0.1, 0.15) is 5.75 Å². The first-order valence-corrected chi connectivity index (χ1v) is 4.78. The van der Waals surface area contributed by atoms with Gasteiger partial charge in [0.05, 0.1) is 7.11 Å². The number of halogens is 2. The van der Waals surface area contributed by atoms with E-state index in [9.17, 15) is 0 Å². The molecular formula is C13H15Cl2OTi-. The van der Waals surface area contributed by atoms with Crippen LogP contribution in [0.5, 0.6) is 5.75 Å². The van der Waals surface area contributed by atoms with Crippen LogP contribution in [0, 0.1) is 6.08 Å². The third-order valence-electron chi connectivity index (χ3n) is 2.34. The Hall–Kier alpha value is -0.206. The predicted octanol–water partition coefficient (Wildman–Crippen LogP) is 3.77. The molecule has 0 saturated heterocycles. The van der Waals surface area contributed by atoms with Gasteiger partial charge in [-0.3, -0.25) is 6.08 Å². The van der Waals surface area contributed by atoms with Gasteiger partial charge in [-0.25, -0.2) is 11.6 Å². The molecule has 1 aromatic rings. The van der Waals surface area contributed by atoms with Crippen LogP contribution in [0.3, 0.4) is 0 Å². The van der Waals surface area contributed by atoms with E-state index < -0.39 is 0 Å². The second-order valence-electron chi connectivity index (χ2n) is 3.30. The monoisotopic (exact) mass is 305 g/mol. The van der Waals surface area contributed by atoms with Crippen molar-refractivity contribution in [2.75, 3.05) is 7.11 Å². The SMILES string of the molecule is COc1ccccc1CC1=[C-]CC=C1.Cl.Cl.[Ti]. The van der Waals surface area contributed by atoms with Crippen LogP contribution in [0.2, 0.25) is 0 Å². The summed E-state index contributed by atoms with van der Waals surface area (Å²) in [5.41, 5.74) is 2.48. The molecule has 0 spiro atoms. The Labute approximate surface area is 130 Å². The molecule has 1 aromatic carbocycles. The predicted molar refractivity (Wildman–Crippen MR) is 71.7 cm³/mol. The van der Waals surface area contributed by atoms with E-state index in [1.54, 1.807) is 7.11 Å². The summed E-state index contributed by atoms with van der Waals surface area (Å²) in [5.74, 6) is 0.960. The molecule has 4 heteroatoms. The molecule has 0 fully saturated rings. The van der Waals surface area contributed by atoms with Crippen LogP contribution >= 0.6 is 24.8 Å². The number of ether oxygens (including phenoxy) is 1. The van der Waals surface area contributed by atoms with Gasteiger partial charge in [-0.15, -0.1) is 31.2 Å². The molecule has 0 saturated carbocycles. The minimum Gasteiger partial charge on any atom is -0.496 e. The molecule has 0 aromatic heterocycles. The molecule has 0 radical (unpaired) electrons. The van der Waals surface area contributed by atoms with Crippen molar-refractivity contribution >= 4 is 24.8 Å². The molecule has 17 heavy (non-hydrogen) atoms. The maximum absolute atomic E-state index is 5.29. The van der Waals surface area contributed by atoms with Crippen molar-refractivity contribution in [1.82, 2.24) is 0 Å². The van der Waals surface area contributed by atoms with Crippen molar-refractivity contribution in [2.45, 2.75) is 12.8 Å². The van der Waals surface area contributed by atoms with Crippen LogP contribution in [0.4, 0.5) is 0 Å². The normalized spacial score (nSPS) is 11.7. The second-order valence-corrected chi connectivity index (χ2v) is 3.30. The van der Waals surface area contributed by atoms with Crippen LogP contribution in [-0.4, -0.2) is 7.11 Å². The molecular weight excluding hydrogens is 291 g/mol. The van der Waals surface area contributed by atoms with E-state index in [0.29, 0.717) is 0 Å². The number of para-hydroxylation sites is 1. The average Bonchev–Trinajstić information content (AvgIpc) is 2.71. The van der Waals surface area contributed by atoms with Crippen LogP contribution in [-0.2, 0) is 28.1 Å². The Morgan fingerprint density at radius 1 is 1.24 bits per heavy atom. The average molecular weight is 306 g/mol. The largest absolute Gasteiger partial charge is 0.496 e. The number of methoxy groups -OCH3 is 1. The smallest absolute Gasteiger partial charge is 0.122 e. The fraction of sp³-hybridized carbons (Fsp3) is 0.231. The van der Waals surface area contributed by atoms with E-state index in [-0.39, 0.29) is 46.5 Å². The van der Waals surface area contributed by atoms with Gasteiger partial charge in [0.25, 0.3) is 0 Å². The fourth-order valence-electron chi connectivity index (χ4n) is 1.63. The van der Waals surface area contributed by atoms with E-state index >= 15 is 0 Å². The van der Waals surface area contributed by atoms with E-state index in [2.05, 4.69) is 24.3 Å². The van der Waals surface area contributed by atoms with E-state index in [1.807, 2.05) is 18.2 Å². The zero-order valence-corrected chi connectivity index (χ0v) is 12.8. The molecule has 1 aliphatic rings. The first-order chi connectivity index (χ1) is 6.90. The minimum absolute atomic E-state index is 0. The zero-order valence-electron chi connectivity index (χ0n) is 9.60. The Bertz CT molecular complexity index is 389. The molecule has 0 atom stereocenters. The summed E-state index contributed by atoms with van der Waals surface area (Å²) in [6.45, 7) is 0. The van der Waals surface area contributed by atoms with Gasteiger partial charge >= 0.3 is 0 Å². The summed E-state index contributed by atoms with van der Waals surface area (Å²) in [6.07, 6.45) is 9.43. The summed E-state index contributed by atoms with van der Waals surface area (Å²) in [4.78, 5) is 0. The van der Waals surface area contributed by atoms with Crippen molar-refractivity contribution in [3.05, 3.63) is 53.6 Å². The van der Waals surface area contributed by atoms with E-state index in [1.165, 1.54) is 11.1 Å². The second kappa shape index (κ2) is 9.79. The quantitative estimate of drug-likeness (QED) is 0.610. The zero-order chi connectivity index (χ0) is 9.80. The topological polar surface area (TPSA) is 9.23 Å². The van der Waals surface area contributed by atoms with Gasteiger partial charge < -0.3 is 4.74 Å². The number of allylic oxidation sites excluding steroid dienone is 4. The third-order valence-corrected chi connectivity index (χ3v) is 2.34. The molecule has 0 bridgehead atoms. The number of rotatable bonds is 3.